The molecule has 1 aliphatic rings. The zero-order valence-electron chi connectivity index (χ0n) is 36.2. The van der Waals surface area contributed by atoms with Gasteiger partial charge >= 0.3 is 0 Å². The summed E-state index contributed by atoms with van der Waals surface area (Å²) in [6.45, 7) is 14.7. The predicted octanol–water partition coefficient (Wildman–Crippen LogP) is 3.39. The van der Waals surface area contributed by atoms with Crippen LogP contribution >= 0.6 is 12.9 Å². The molecule has 1 aromatic rings. The molecular weight excluding hydrogens is 749 g/mol. The number of carbonyl (C=O) groups excluding carboxylic acids is 5. The molecule has 15 heteroatoms. The van der Waals surface area contributed by atoms with E-state index in [4.69, 9.17) is 13.7 Å². The summed E-state index contributed by atoms with van der Waals surface area (Å²) in [6.07, 6.45) is 1.65. The molecule has 14 nitrogen and oxygen atoms in total. The van der Waals surface area contributed by atoms with Gasteiger partial charge in [-0.2, -0.15) is 0 Å². The molecule has 1 aromatic carbocycles. The van der Waals surface area contributed by atoms with Crippen molar-refractivity contribution in [1.29, 1.82) is 0 Å². The minimum atomic E-state index is -0.832. The number of likely N-dealkylation sites (N-methyl/N-ethyl adjacent to an activating group) is 2. The zero-order chi connectivity index (χ0) is 42.8. The summed E-state index contributed by atoms with van der Waals surface area (Å²) in [5.74, 6) is -2.23. The summed E-state index contributed by atoms with van der Waals surface area (Å²) < 4.78 is 16.8. The number of amides is 5. The SMILES string of the molecule is CC[C@H](C)[C@@H]([C@@H](CC(=O)N1CCC[C@H]1[C@H](OC)[C@@H](C)C(=O)N[C@@H](Cc1ccccc1)C(=O)NCCCOS)OC)N(C)C(=O)[C@@H](NC(=O)[C@@H](NC)C(C)C)C(C)C. The van der Waals surface area contributed by atoms with Gasteiger partial charge in [0.25, 0.3) is 0 Å². The Morgan fingerprint density at radius 2 is 1.56 bits per heavy atom. The maximum Gasteiger partial charge on any atom is 0.245 e. The van der Waals surface area contributed by atoms with Crippen LogP contribution in [0.3, 0.4) is 0 Å². The average molecular weight is 821 g/mol. The molecule has 1 saturated heterocycles. The Morgan fingerprint density at radius 3 is 2.11 bits per heavy atom. The first-order valence-electron chi connectivity index (χ1n) is 20.6. The van der Waals surface area contributed by atoms with Crippen LogP contribution < -0.4 is 21.3 Å². The Balaban J connectivity index is 2.28. The summed E-state index contributed by atoms with van der Waals surface area (Å²) in [4.78, 5) is 72.3. The van der Waals surface area contributed by atoms with E-state index in [9.17, 15) is 24.0 Å². The van der Waals surface area contributed by atoms with Crippen LogP contribution in [0.5, 0.6) is 0 Å². The molecule has 0 spiro atoms. The Morgan fingerprint density at radius 1 is 0.912 bits per heavy atom. The number of methoxy groups -OCH3 is 2. The minimum Gasteiger partial charge on any atom is -0.379 e. The lowest BCUT2D eigenvalue weighted by Crippen LogP contribution is -2.59. The fourth-order valence-electron chi connectivity index (χ4n) is 7.88. The van der Waals surface area contributed by atoms with Gasteiger partial charge in [-0.25, -0.2) is 0 Å². The number of nitrogens with one attached hydrogen (secondary N) is 4. The monoisotopic (exact) mass is 821 g/mol. The number of carbonyl (C=O) groups is 5. The van der Waals surface area contributed by atoms with Gasteiger partial charge in [0.1, 0.15) is 12.1 Å². The van der Waals surface area contributed by atoms with Crippen molar-refractivity contribution >= 4 is 42.4 Å². The summed E-state index contributed by atoms with van der Waals surface area (Å²) in [6, 6.07) is 6.55. The molecule has 1 fully saturated rings. The lowest BCUT2D eigenvalue weighted by atomic mass is 9.89. The zero-order valence-corrected chi connectivity index (χ0v) is 37.1. The van der Waals surface area contributed by atoms with Crippen LogP contribution in [0.25, 0.3) is 0 Å². The third kappa shape index (κ3) is 14.5. The highest BCUT2D eigenvalue weighted by atomic mass is 32.1. The maximum absolute atomic E-state index is 14.3. The highest BCUT2D eigenvalue weighted by Crippen LogP contribution is 2.30. The van der Waals surface area contributed by atoms with Gasteiger partial charge < -0.3 is 44.7 Å². The quantitative estimate of drug-likeness (QED) is 0.0565. The molecule has 0 aromatic heterocycles. The van der Waals surface area contributed by atoms with Crippen molar-refractivity contribution < 1.29 is 37.6 Å². The molecular formula is C42H72N6O8S. The van der Waals surface area contributed by atoms with Gasteiger partial charge in [-0.15, -0.1) is 0 Å². The highest BCUT2D eigenvalue weighted by Gasteiger charge is 2.43. The second-order valence-electron chi connectivity index (χ2n) is 16.1. The summed E-state index contributed by atoms with van der Waals surface area (Å²) in [5, 5.41) is 11.9. The third-order valence-electron chi connectivity index (χ3n) is 11.4. The molecule has 9 atom stereocenters. The Kier molecular flexibility index (Phi) is 22.1. The first-order valence-corrected chi connectivity index (χ1v) is 20.9. The second kappa shape index (κ2) is 25.3. The van der Waals surface area contributed by atoms with Crippen LogP contribution in [0.1, 0.15) is 86.1 Å². The van der Waals surface area contributed by atoms with Crippen LogP contribution in [-0.2, 0) is 44.1 Å². The van der Waals surface area contributed by atoms with Crippen LogP contribution in [0.4, 0.5) is 0 Å². The number of benzene rings is 1. The molecule has 0 saturated carbocycles. The van der Waals surface area contributed by atoms with Gasteiger partial charge in [0, 0.05) is 40.8 Å². The molecule has 324 valence electrons. The van der Waals surface area contributed by atoms with Crippen molar-refractivity contribution in [1.82, 2.24) is 31.1 Å². The van der Waals surface area contributed by atoms with E-state index in [1.165, 1.54) is 7.11 Å². The molecule has 4 N–H and O–H groups in total. The van der Waals surface area contributed by atoms with E-state index in [-0.39, 0.29) is 53.7 Å². The van der Waals surface area contributed by atoms with Gasteiger partial charge in [-0.3, -0.25) is 24.0 Å². The first kappa shape index (κ1) is 49.9. The van der Waals surface area contributed by atoms with Crippen LogP contribution in [-0.4, -0.2) is 130 Å². The number of ether oxygens (including phenoxy) is 2. The molecule has 1 heterocycles. The second-order valence-corrected chi connectivity index (χ2v) is 16.3. The molecule has 0 aliphatic carbocycles. The maximum atomic E-state index is 14.3. The molecule has 0 bridgehead atoms. The van der Waals surface area contributed by atoms with Crippen molar-refractivity contribution in [2.24, 2.45) is 23.7 Å². The molecule has 2 rings (SSSR count). The van der Waals surface area contributed by atoms with Crippen LogP contribution in [0.2, 0.25) is 0 Å². The normalized spacial score (nSPS) is 18.6. The number of likely N-dealkylation sites (tertiary alicyclic amines) is 1. The molecule has 0 unspecified atom stereocenters. The van der Waals surface area contributed by atoms with Crippen molar-refractivity contribution in [3.05, 3.63) is 35.9 Å². The molecule has 0 radical (unpaired) electrons. The predicted molar refractivity (Wildman–Crippen MR) is 225 cm³/mol. The topological polar surface area (TPSA) is 168 Å². The van der Waals surface area contributed by atoms with Crippen LogP contribution in [0.15, 0.2) is 30.3 Å². The van der Waals surface area contributed by atoms with Crippen molar-refractivity contribution in [2.45, 2.75) is 129 Å². The highest BCUT2D eigenvalue weighted by molar-refractivity contribution is 7.75. The smallest absolute Gasteiger partial charge is 0.245 e. The first-order chi connectivity index (χ1) is 27.1. The number of hydrogen-bond acceptors (Lipinski definition) is 10. The van der Waals surface area contributed by atoms with Gasteiger partial charge in [-0.05, 0) is 62.5 Å². The van der Waals surface area contributed by atoms with Crippen LogP contribution in [0, 0.1) is 23.7 Å². The van der Waals surface area contributed by atoms with Crippen molar-refractivity contribution in [2.75, 3.05) is 48.0 Å². The molecule has 5 amide bonds. The third-order valence-corrected chi connectivity index (χ3v) is 11.6. The molecule has 1 aliphatic heterocycles. The summed E-state index contributed by atoms with van der Waals surface area (Å²) in [7, 11) is 6.53. The Labute approximate surface area is 347 Å². The Hall–Kier alpha value is -3.24. The standard InChI is InChI=1S/C42H72N6O8S/c1-12-28(6)37(47(9)42(53)36(27(4)5)46-41(52)35(43-8)26(2)3)33(54-10)25-34(49)48-22-16-20-32(48)38(55-11)29(7)39(50)45-31(24-30-18-14-13-15-19-30)40(51)44-21-17-23-56-57/h13-15,18-19,26-29,31-33,35-38,43,57H,12,16-17,20-25H2,1-11H3,(H,44,51)(H,45,50)(H,46,52)/t28-,29+,31-,32-,33+,35-,36-,37-,38+/m0/s1. The van der Waals surface area contributed by atoms with E-state index >= 15 is 0 Å². The number of thiol groups is 1. The fraction of sp³-hybridized carbons (Fsp3) is 0.738. The van der Waals surface area contributed by atoms with Gasteiger partial charge in [0.05, 0.1) is 49.3 Å². The minimum absolute atomic E-state index is 0.00208. The lowest BCUT2D eigenvalue weighted by Gasteiger charge is -2.41. The molecule has 57 heavy (non-hydrogen) atoms. The van der Waals surface area contributed by atoms with Crippen molar-refractivity contribution in [3.8, 4) is 0 Å². The lowest BCUT2D eigenvalue weighted by molar-refractivity contribution is -0.148. The largest absolute Gasteiger partial charge is 0.379 e. The average Bonchev–Trinajstić information content (AvgIpc) is 3.67. The summed E-state index contributed by atoms with van der Waals surface area (Å²) >= 11 is 3.76. The number of hydrogen-bond donors (Lipinski definition) is 5. The summed E-state index contributed by atoms with van der Waals surface area (Å²) in [5.41, 5.74) is 0.897. The fourth-order valence-corrected chi connectivity index (χ4v) is 8.01. The van der Waals surface area contributed by atoms with Gasteiger partial charge in [0.2, 0.25) is 29.5 Å². The van der Waals surface area contributed by atoms with E-state index < -0.39 is 48.3 Å². The van der Waals surface area contributed by atoms with E-state index in [0.717, 1.165) is 18.4 Å². The van der Waals surface area contributed by atoms with E-state index in [1.54, 1.807) is 37.9 Å². The number of rotatable bonds is 25. The van der Waals surface area contributed by atoms with E-state index in [1.807, 2.05) is 71.9 Å². The number of nitrogens with zero attached hydrogens (tertiary/aromatic N) is 2. The van der Waals surface area contributed by atoms with E-state index in [2.05, 4.69) is 34.2 Å². The van der Waals surface area contributed by atoms with Crippen molar-refractivity contribution in [3.63, 3.8) is 0 Å². The Bertz CT molecular complexity index is 1400. The van der Waals surface area contributed by atoms with Gasteiger partial charge in [0.15, 0.2) is 0 Å². The van der Waals surface area contributed by atoms with E-state index in [0.29, 0.717) is 39.0 Å². The van der Waals surface area contributed by atoms with Gasteiger partial charge in [-0.1, -0.05) is 85.2 Å².